The molecule has 0 saturated carbocycles. The lowest BCUT2D eigenvalue weighted by Crippen LogP contribution is -2.47. The summed E-state index contributed by atoms with van der Waals surface area (Å²) in [5, 5.41) is 10.6. The van der Waals surface area contributed by atoms with Gasteiger partial charge in [0.25, 0.3) is 5.56 Å². The lowest BCUT2D eigenvalue weighted by Gasteiger charge is -2.34. The molecular weight excluding hydrogens is 400 g/mol. The first-order valence-electron chi connectivity index (χ1n) is 9.79. The van der Waals surface area contributed by atoms with Gasteiger partial charge in [0.2, 0.25) is 0 Å². The highest BCUT2D eigenvalue weighted by Gasteiger charge is 2.19. The van der Waals surface area contributed by atoms with E-state index in [0.717, 1.165) is 54.1 Å². The molecule has 1 aromatic carbocycles. The molecule has 0 atom stereocenters. The number of thiophene rings is 2. The summed E-state index contributed by atoms with van der Waals surface area (Å²) in [5.74, 6) is 0. The highest BCUT2D eigenvalue weighted by atomic mass is 32.1. The molecule has 29 heavy (non-hydrogen) atoms. The van der Waals surface area contributed by atoms with E-state index >= 15 is 0 Å². The Morgan fingerprint density at radius 3 is 2.28 bits per heavy atom. The number of nitrogens with zero attached hydrogens (tertiary/aromatic N) is 4. The van der Waals surface area contributed by atoms with E-state index in [2.05, 4.69) is 33.4 Å². The maximum Gasteiger partial charge on any atom is 0.275 e. The molecule has 5 nitrogen and oxygen atoms in total. The average molecular weight is 423 g/mol. The van der Waals surface area contributed by atoms with Gasteiger partial charge in [-0.15, -0.1) is 22.7 Å². The molecule has 0 amide bonds. The molecule has 5 rings (SSSR count). The van der Waals surface area contributed by atoms with E-state index in [4.69, 9.17) is 5.10 Å². The molecule has 7 heteroatoms. The zero-order valence-electron chi connectivity index (χ0n) is 16.0. The molecule has 1 saturated heterocycles. The second-order valence-electron chi connectivity index (χ2n) is 7.29. The van der Waals surface area contributed by atoms with Gasteiger partial charge >= 0.3 is 0 Å². The second kappa shape index (κ2) is 8.20. The monoisotopic (exact) mass is 422 g/mol. The summed E-state index contributed by atoms with van der Waals surface area (Å²) >= 11 is 3.47. The van der Waals surface area contributed by atoms with Crippen LogP contribution in [0.1, 0.15) is 4.88 Å². The maximum absolute atomic E-state index is 13.1. The lowest BCUT2D eigenvalue weighted by molar-refractivity contribution is 0.0980. The van der Waals surface area contributed by atoms with Crippen molar-refractivity contribution in [2.24, 2.45) is 0 Å². The van der Waals surface area contributed by atoms with Gasteiger partial charge < -0.3 is 0 Å². The summed E-state index contributed by atoms with van der Waals surface area (Å²) in [4.78, 5) is 20.4. The molecule has 0 aliphatic carbocycles. The number of hydrogen-bond donors (Lipinski definition) is 0. The van der Waals surface area contributed by atoms with Crippen LogP contribution in [-0.2, 0) is 13.2 Å². The fourth-order valence-corrected chi connectivity index (χ4v) is 5.30. The number of benzene rings is 1. The molecule has 4 heterocycles. The first-order chi connectivity index (χ1) is 14.3. The smallest absolute Gasteiger partial charge is 0.275 e. The number of aromatic nitrogens is 2. The molecule has 3 aromatic heterocycles. The number of piperazine rings is 1. The van der Waals surface area contributed by atoms with Gasteiger partial charge in [-0.2, -0.15) is 5.10 Å². The van der Waals surface area contributed by atoms with Crippen LogP contribution in [0.4, 0.5) is 0 Å². The standard InChI is InChI=1S/C22H22N4OS2/c27-22-19-7-2-1-6-18(19)21(20-8-4-14-29-20)23-26(22)16-25-11-9-24(10-12-25)15-17-5-3-13-28-17/h1-8,13-14H,9-12,15-16H2. The van der Waals surface area contributed by atoms with Crippen molar-refractivity contribution in [2.45, 2.75) is 13.2 Å². The minimum absolute atomic E-state index is 0.0121. The molecule has 0 radical (unpaired) electrons. The molecule has 0 unspecified atom stereocenters. The molecule has 0 spiro atoms. The Morgan fingerprint density at radius 2 is 1.55 bits per heavy atom. The van der Waals surface area contributed by atoms with Crippen molar-refractivity contribution < 1.29 is 0 Å². The highest BCUT2D eigenvalue weighted by Crippen LogP contribution is 2.28. The van der Waals surface area contributed by atoms with Crippen LogP contribution in [0.3, 0.4) is 0 Å². The van der Waals surface area contributed by atoms with Gasteiger partial charge in [-0.3, -0.25) is 14.6 Å². The van der Waals surface area contributed by atoms with Crippen LogP contribution in [0.5, 0.6) is 0 Å². The van der Waals surface area contributed by atoms with Crippen LogP contribution in [0.2, 0.25) is 0 Å². The normalized spacial score (nSPS) is 15.9. The third-order valence-electron chi connectivity index (χ3n) is 5.38. The number of fused-ring (bicyclic) bond motifs is 1. The minimum atomic E-state index is -0.0121. The largest absolute Gasteiger partial charge is 0.296 e. The predicted octanol–water partition coefficient (Wildman–Crippen LogP) is 3.96. The SMILES string of the molecule is O=c1c2ccccc2c(-c2cccs2)nn1CN1CCN(Cc2cccs2)CC1. The van der Waals surface area contributed by atoms with E-state index in [1.54, 1.807) is 16.0 Å². The summed E-state index contributed by atoms with van der Waals surface area (Å²) < 4.78 is 1.65. The molecule has 1 fully saturated rings. The van der Waals surface area contributed by atoms with Gasteiger partial charge in [0.05, 0.1) is 16.9 Å². The van der Waals surface area contributed by atoms with Gasteiger partial charge in [0.15, 0.2) is 0 Å². The average Bonchev–Trinajstić information content (AvgIpc) is 3.46. The van der Waals surface area contributed by atoms with Gasteiger partial charge in [-0.05, 0) is 29.0 Å². The predicted molar refractivity (Wildman–Crippen MR) is 120 cm³/mol. The van der Waals surface area contributed by atoms with E-state index in [9.17, 15) is 4.79 Å². The molecule has 0 bridgehead atoms. The van der Waals surface area contributed by atoms with Crippen molar-refractivity contribution in [2.75, 3.05) is 26.2 Å². The lowest BCUT2D eigenvalue weighted by atomic mass is 10.1. The van der Waals surface area contributed by atoms with E-state index in [0.29, 0.717) is 6.67 Å². The van der Waals surface area contributed by atoms with Crippen LogP contribution in [0.25, 0.3) is 21.3 Å². The van der Waals surface area contributed by atoms with E-state index < -0.39 is 0 Å². The Morgan fingerprint density at radius 1 is 0.828 bits per heavy atom. The van der Waals surface area contributed by atoms with Crippen LogP contribution >= 0.6 is 22.7 Å². The highest BCUT2D eigenvalue weighted by molar-refractivity contribution is 7.13. The zero-order chi connectivity index (χ0) is 19.6. The van der Waals surface area contributed by atoms with Crippen molar-refractivity contribution in [1.29, 1.82) is 0 Å². The topological polar surface area (TPSA) is 41.4 Å². The first-order valence-corrected chi connectivity index (χ1v) is 11.5. The molecular formula is C22H22N4OS2. The fourth-order valence-electron chi connectivity index (χ4n) is 3.83. The third kappa shape index (κ3) is 3.91. The third-order valence-corrected chi connectivity index (χ3v) is 7.12. The molecule has 4 aromatic rings. The van der Waals surface area contributed by atoms with Crippen LogP contribution in [0.15, 0.2) is 64.1 Å². The number of hydrogen-bond acceptors (Lipinski definition) is 6. The minimum Gasteiger partial charge on any atom is -0.296 e. The van der Waals surface area contributed by atoms with Crippen molar-refractivity contribution in [3.63, 3.8) is 0 Å². The van der Waals surface area contributed by atoms with Crippen LogP contribution in [0, 0.1) is 0 Å². The summed E-state index contributed by atoms with van der Waals surface area (Å²) in [6, 6.07) is 16.2. The Balaban J connectivity index is 1.37. The first kappa shape index (κ1) is 18.7. The van der Waals surface area contributed by atoms with Crippen molar-refractivity contribution in [1.82, 2.24) is 19.6 Å². The van der Waals surface area contributed by atoms with E-state index in [-0.39, 0.29) is 5.56 Å². The van der Waals surface area contributed by atoms with Crippen molar-refractivity contribution in [3.05, 3.63) is 74.5 Å². The Kier molecular flexibility index (Phi) is 5.28. The summed E-state index contributed by atoms with van der Waals surface area (Å²) in [6.45, 7) is 5.47. The quantitative estimate of drug-likeness (QED) is 0.488. The van der Waals surface area contributed by atoms with E-state index in [1.165, 1.54) is 4.88 Å². The Hall–Kier alpha value is -2.32. The van der Waals surface area contributed by atoms with Gasteiger partial charge in [0.1, 0.15) is 5.69 Å². The van der Waals surface area contributed by atoms with E-state index in [1.807, 2.05) is 47.0 Å². The van der Waals surface area contributed by atoms with Crippen molar-refractivity contribution in [3.8, 4) is 10.6 Å². The van der Waals surface area contributed by atoms with Crippen molar-refractivity contribution >= 4 is 33.4 Å². The fraction of sp³-hybridized carbons (Fsp3) is 0.273. The summed E-state index contributed by atoms with van der Waals surface area (Å²) in [5.41, 5.74) is 0.883. The molecule has 148 valence electrons. The molecule has 1 aliphatic heterocycles. The van der Waals surface area contributed by atoms with Gasteiger partial charge in [-0.25, -0.2) is 4.68 Å². The summed E-state index contributed by atoms with van der Waals surface area (Å²) in [7, 11) is 0. The Labute approximate surface area is 177 Å². The molecule has 1 aliphatic rings. The zero-order valence-corrected chi connectivity index (χ0v) is 17.7. The molecule has 0 N–H and O–H groups in total. The second-order valence-corrected chi connectivity index (χ2v) is 9.27. The Bertz CT molecular complexity index is 1140. The van der Waals surface area contributed by atoms with Gasteiger partial charge in [-0.1, -0.05) is 30.3 Å². The van der Waals surface area contributed by atoms with Crippen LogP contribution in [-0.4, -0.2) is 45.8 Å². The number of rotatable bonds is 5. The van der Waals surface area contributed by atoms with Gasteiger partial charge in [0, 0.05) is 43.0 Å². The summed E-state index contributed by atoms with van der Waals surface area (Å²) in [6.07, 6.45) is 0. The maximum atomic E-state index is 13.1. The van der Waals surface area contributed by atoms with Crippen LogP contribution < -0.4 is 5.56 Å².